The molecule has 0 fully saturated rings. The zero-order valence-corrected chi connectivity index (χ0v) is 22.3. The van der Waals surface area contributed by atoms with Gasteiger partial charge >= 0.3 is 0 Å². The van der Waals surface area contributed by atoms with Gasteiger partial charge in [-0.05, 0) is 63.3 Å². The largest absolute Gasteiger partial charge is 0.495 e. The maximum absolute atomic E-state index is 6.83. The van der Waals surface area contributed by atoms with Crippen LogP contribution in [-0.2, 0) is 5.79 Å². The molecule has 37 heavy (non-hydrogen) atoms. The summed E-state index contributed by atoms with van der Waals surface area (Å²) in [7, 11) is 1.65. The van der Waals surface area contributed by atoms with Crippen LogP contribution in [0.2, 0.25) is 0 Å². The Morgan fingerprint density at radius 2 is 1.78 bits per heavy atom. The van der Waals surface area contributed by atoms with Gasteiger partial charge in [0.15, 0.2) is 0 Å². The molecule has 9 heteroatoms. The predicted molar refractivity (Wildman–Crippen MR) is 149 cm³/mol. The molecule has 0 saturated carbocycles. The van der Waals surface area contributed by atoms with Crippen molar-refractivity contribution in [2.75, 3.05) is 38.7 Å². The number of allylic oxidation sites excluding steroid dienone is 1. The molecule has 1 unspecified atom stereocenters. The molecule has 1 aromatic heterocycles. The molecule has 0 radical (unpaired) electrons. The molecule has 0 bridgehead atoms. The molecule has 1 atom stereocenters. The van der Waals surface area contributed by atoms with Gasteiger partial charge in [0, 0.05) is 35.2 Å². The number of rotatable bonds is 11. The number of aliphatic imine (C=N–C) groups is 1. The highest BCUT2D eigenvalue weighted by Gasteiger charge is 2.32. The Labute approximate surface area is 218 Å². The van der Waals surface area contributed by atoms with Crippen LogP contribution in [0.15, 0.2) is 59.3 Å². The number of nitrogens with zero attached hydrogens (tertiary/aromatic N) is 3. The summed E-state index contributed by atoms with van der Waals surface area (Å²) in [4.78, 5) is 7.07. The first-order chi connectivity index (χ1) is 17.9. The molecule has 1 aliphatic heterocycles. The number of hydrogen-bond acceptors (Lipinski definition) is 8. The van der Waals surface area contributed by atoms with E-state index < -0.39 is 5.79 Å². The Hall–Kier alpha value is -3.82. The van der Waals surface area contributed by atoms with E-state index >= 15 is 0 Å². The van der Waals surface area contributed by atoms with Gasteiger partial charge in [-0.3, -0.25) is 10.8 Å². The van der Waals surface area contributed by atoms with E-state index in [1.54, 1.807) is 13.3 Å². The first-order valence-corrected chi connectivity index (χ1v) is 12.6. The van der Waals surface area contributed by atoms with Crippen molar-refractivity contribution in [1.29, 1.82) is 0 Å². The third-order valence-corrected chi connectivity index (χ3v) is 6.61. The summed E-state index contributed by atoms with van der Waals surface area (Å²) in [5.74, 6) is 1.04. The molecule has 0 amide bonds. The summed E-state index contributed by atoms with van der Waals surface area (Å²) >= 11 is 0. The third kappa shape index (κ3) is 5.79. The number of ether oxygens (including phenoxy) is 2. The Morgan fingerprint density at radius 3 is 2.43 bits per heavy atom. The first-order valence-electron chi connectivity index (χ1n) is 12.6. The van der Waals surface area contributed by atoms with Crippen molar-refractivity contribution in [2.24, 2.45) is 10.7 Å². The number of likely N-dealkylation sites (N-methyl/N-ethyl adjacent to an activating group) is 1. The topological polar surface area (TPSA) is 113 Å². The van der Waals surface area contributed by atoms with Gasteiger partial charge in [0.05, 0.1) is 18.5 Å². The standard InChI is InChI=1S/C28H37N7O2/c1-6-35(7-2)16-17-37-22-14-12-21(13-15-22)28(29)30-18-23(26-19(3)33-34-20(26)4)27(32-28)31-24-10-8-9-11-25(24)36-5/h8-15,18,31-32H,6-7,16-17,29H2,1-5H3,(H,33,34). The summed E-state index contributed by atoms with van der Waals surface area (Å²) in [6.07, 6.45) is 1.80. The van der Waals surface area contributed by atoms with Gasteiger partial charge in [0.25, 0.3) is 0 Å². The zero-order chi connectivity index (χ0) is 26.4. The second-order valence-electron chi connectivity index (χ2n) is 8.97. The van der Waals surface area contributed by atoms with E-state index in [-0.39, 0.29) is 0 Å². The van der Waals surface area contributed by atoms with Gasteiger partial charge in [-0.1, -0.05) is 26.0 Å². The number of hydrogen-bond donors (Lipinski definition) is 4. The van der Waals surface area contributed by atoms with Gasteiger partial charge < -0.3 is 25.0 Å². The van der Waals surface area contributed by atoms with E-state index in [4.69, 9.17) is 20.2 Å². The summed E-state index contributed by atoms with van der Waals surface area (Å²) < 4.78 is 11.5. The molecule has 4 rings (SSSR count). The third-order valence-electron chi connectivity index (χ3n) is 6.61. The van der Waals surface area contributed by atoms with E-state index in [1.165, 1.54) is 0 Å². The highest BCUT2D eigenvalue weighted by molar-refractivity contribution is 6.13. The number of benzene rings is 2. The normalized spacial score (nSPS) is 17.2. The first kappa shape index (κ1) is 26.2. The summed E-state index contributed by atoms with van der Waals surface area (Å²) in [6, 6.07) is 15.5. The molecule has 2 heterocycles. The van der Waals surface area contributed by atoms with Crippen molar-refractivity contribution in [3.8, 4) is 11.5 Å². The smallest absolute Gasteiger partial charge is 0.210 e. The molecular formula is C28H37N7O2. The number of methoxy groups -OCH3 is 1. The van der Waals surface area contributed by atoms with Gasteiger partial charge in [-0.25, -0.2) is 4.99 Å². The van der Waals surface area contributed by atoms with Crippen LogP contribution in [0.4, 0.5) is 5.69 Å². The van der Waals surface area contributed by atoms with Crippen molar-refractivity contribution < 1.29 is 9.47 Å². The minimum absolute atomic E-state index is 0.633. The molecule has 0 spiro atoms. The van der Waals surface area contributed by atoms with Crippen molar-refractivity contribution in [3.63, 3.8) is 0 Å². The van der Waals surface area contributed by atoms with Gasteiger partial charge in [-0.2, -0.15) is 5.10 Å². The molecule has 196 valence electrons. The minimum atomic E-state index is -1.18. The highest BCUT2D eigenvalue weighted by Crippen LogP contribution is 2.33. The van der Waals surface area contributed by atoms with E-state index in [2.05, 4.69) is 39.6 Å². The van der Waals surface area contributed by atoms with Crippen molar-refractivity contribution in [2.45, 2.75) is 33.5 Å². The second kappa shape index (κ2) is 11.5. The summed E-state index contributed by atoms with van der Waals surface area (Å²) in [6.45, 7) is 11.8. The quantitative estimate of drug-likeness (QED) is 0.313. The molecule has 0 saturated heterocycles. The lowest BCUT2D eigenvalue weighted by molar-refractivity contribution is 0.222. The van der Waals surface area contributed by atoms with Crippen LogP contribution in [0.25, 0.3) is 5.57 Å². The number of nitrogens with two attached hydrogens (primary N) is 1. The van der Waals surface area contributed by atoms with E-state index in [0.29, 0.717) is 18.2 Å². The minimum Gasteiger partial charge on any atom is -0.495 e. The average molecular weight is 504 g/mol. The molecule has 0 aliphatic carbocycles. The van der Waals surface area contributed by atoms with Crippen molar-refractivity contribution in [1.82, 2.24) is 20.4 Å². The van der Waals surface area contributed by atoms with Gasteiger partial charge in [0.1, 0.15) is 23.9 Å². The monoisotopic (exact) mass is 503 g/mol. The Kier molecular flexibility index (Phi) is 8.15. The maximum Gasteiger partial charge on any atom is 0.210 e. The summed E-state index contributed by atoms with van der Waals surface area (Å²) in [5, 5.41) is 14.3. The van der Waals surface area contributed by atoms with Crippen LogP contribution in [0, 0.1) is 13.8 Å². The van der Waals surface area contributed by atoms with Crippen LogP contribution in [0.5, 0.6) is 11.5 Å². The van der Waals surface area contributed by atoms with E-state index in [0.717, 1.165) is 59.2 Å². The van der Waals surface area contributed by atoms with Crippen LogP contribution in [-0.4, -0.2) is 54.7 Å². The van der Waals surface area contributed by atoms with E-state index in [1.807, 2.05) is 62.4 Å². The lowest BCUT2D eigenvalue weighted by Crippen LogP contribution is -2.51. The Morgan fingerprint density at radius 1 is 1.05 bits per heavy atom. The average Bonchev–Trinajstić information content (AvgIpc) is 3.25. The highest BCUT2D eigenvalue weighted by atomic mass is 16.5. The lowest BCUT2D eigenvalue weighted by atomic mass is 10.0. The van der Waals surface area contributed by atoms with Gasteiger partial charge in [0.2, 0.25) is 5.79 Å². The number of aromatic amines is 1. The fraction of sp³-hybridized carbons (Fsp3) is 0.357. The molecule has 1 aliphatic rings. The number of para-hydroxylation sites is 2. The SMILES string of the molecule is CCN(CC)CCOc1ccc(C2(N)N=CC(c3c(C)n[nH]c3C)=C(Nc3ccccc3OC)N2)cc1. The molecule has 5 N–H and O–H groups in total. The van der Waals surface area contributed by atoms with Crippen molar-refractivity contribution >= 4 is 17.5 Å². The van der Waals surface area contributed by atoms with E-state index in [9.17, 15) is 0 Å². The lowest BCUT2D eigenvalue weighted by Gasteiger charge is -2.34. The fourth-order valence-electron chi connectivity index (χ4n) is 4.42. The number of H-pyrrole nitrogens is 1. The predicted octanol–water partition coefficient (Wildman–Crippen LogP) is 3.98. The second-order valence-corrected chi connectivity index (χ2v) is 8.97. The number of aryl methyl sites for hydroxylation is 2. The number of nitrogens with one attached hydrogen (secondary N) is 3. The Balaban J connectivity index is 1.60. The Bertz CT molecular complexity index is 1240. The zero-order valence-electron chi connectivity index (χ0n) is 22.3. The number of aromatic nitrogens is 2. The van der Waals surface area contributed by atoms with Crippen LogP contribution in [0.1, 0.15) is 36.4 Å². The van der Waals surface area contributed by atoms with Crippen LogP contribution >= 0.6 is 0 Å². The van der Waals surface area contributed by atoms with Crippen LogP contribution in [0.3, 0.4) is 0 Å². The number of anilines is 1. The fourth-order valence-corrected chi connectivity index (χ4v) is 4.42. The summed E-state index contributed by atoms with van der Waals surface area (Å²) in [5.41, 5.74) is 12.1. The van der Waals surface area contributed by atoms with Crippen molar-refractivity contribution in [3.05, 3.63) is 76.9 Å². The van der Waals surface area contributed by atoms with Crippen LogP contribution < -0.4 is 25.8 Å². The molecule has 3 aromatic rings. The van der Waals surface area contributed by atoms with Gasteiger partial charge in [-0.15, -0.1) is 0 Å². The maximum atomic E-state index is 6.83. The molecule has 2 aromatic carbocycles. The molecule has 9 nitrogen and oxygen atoms in total. The molecular weight excluding hydrogens is 466 g/mol.